The van der Waals surface area contributed by atoms with E-state index in [4.69, 9.17) is 19.0 Å². The topological polar surface area (TPSA) is 80.9 Å². The zero-order chi connectivity index (χ0) is 20.3. The van der Waals surface area contributed by atoms with Crippen molar-refractivity contribution in [1.29, 1.82) is 0 Å². The summed E-state index contributed by atoms with van der Waals surface area (Å²) in [5.74, 6) is 3.81. The Morgan fingerprint density at radius 3 is 2.77 bits per heavy atom. The van der Waals surface area contributed by atoms with Crippen molar-refractivity contribution in [2.45, 2.75) is 37.5 Å². The van der Waals surface area contributed by atoms with Gasteiger partial charge in [-0.15, -0.1) is 0 Å². The normalized spacial score (nSPS) is 25.2. The van der Waals surface area contributed by atoms with E-state index in [0.29, 0.717) is 23.0 Å². The molecule has 8 heteroatoms. The maximum absolute atomic E-state index is 13.1. The summed E-state index contributed by atoms with van der Waals surface area (Å²) in [6, 6.07) is 5.43. The molecule has 1 aromatic carbocycles. The second kappa shape index (κ2) is 6.70. The summed E-state index contributed by atoms with van der Waals surface area (Å²) in [6.07, 6.45) is 4.23. The molecule has 3 fully saturated rings. The molecule has 2 aromatic rings. The Labute approximate surface area is 175 Å². The number of hydrogen-bond donors (Lipinski definition) is 0. The third kappa shape index (κ3) is 2.96. The predicted molar refractivity (Wildman–Crippen MR) is 107 cm³/mol. The number of aromatic nitrogens is 2. The monoisotopic (exact) mass is 410 g/mol. The van der Waals surface area contributed by atoms with E-state index in [1.54, 1.807) is 6.07 Å². The van der Waals surface area contributed by atoms with Gasteiger partial charge in [0, 0.05) is 37.7 Å². The Morgan fingerprint density at radius 1 is 1.17 bits per heavy atom. The largest absolute Gasteiger partial charge is 0.454 e. The maximum Gasteiger partial charge on any atom is 0.253 e. The van der Waals surface area contributed by atoms with Gasteiger partial charge in [0.05, 0.1) is 5.92 Å². The number of likely N-dealkylation sites (N-methyl/N-ethyl adjacent to an activating group) is 1. The van der Waals surface area contributed by atoms with Crippen LogP contribution in [0.25, 0.3) is 0 Å². The van der Waals surface area contributed by atoms with Gasteiger partial charge >= 0.3 is 0 Å². The molecular formula is C22H26N4O4. The maximum atomic E-state index is 13.1. The van der Waals surface area contributed by atoms with E-state index in [1.807, 2.05) is 17.0 Å². The minimum absolute atomic E-state index is 0.0554. The van der Waals surface area contributed by atoms with E-state index in [0.717, 1.165) is 50.7 Å². The van der Waals surface area contributed by atoms with Crippen LogP contribution >= 0.6 is 0 Å². The summed E-state index contributed by atoms with van der Waals surface area (Å²) in [4.78, 5) is 22.2. The van der Waals surface area contributed by atoms with Gasteiger partial charge in [-0.2, -0.15) is 4.98 Å². The molecule has 0 N–H and O–H groups in total. The van der Waals surface area contributed by atoms with E-state index < -0.39 is 0 Å². The fraction of sp³-hybridized carbons (Fsp3) is 0.591. The van der Waals surface area contributed by atoms with Crippen LogP contribution in [0.4, 0.5) is 0 Å². The van der Waals surface area contributed by atoms with E-state index in [9.17, 15) is 4.79 Å². The molecule has 8 nitrogen and oxygen atoms in total. The second-order valence-electron chi connectivity index (χ2n) is 9.24. The second-order valence-corrected chi connectivity index (χ2v) is 9.24. The number of carbonyl (C=O) groups is 1. The lowest BCUT2D eigenvalue weighted by Gasteiger charge is -2.41. The van der Waals surface area contributed by atoms with Crippen LogP contribution in [0.5, 0.6) is 11.5 Å². The summed E-state index contributed by atoms with van der Waals surface area (Å²) >= 11 is 0. The van der Waals surface area contributed by atoms with Crippen LogP contribution in [0.15, 0.2) is 22.7 Å². The molecule has 0 unspecified atom stereocenters. The summed E-state index contributed by atoms with van der Waals surface area (Å²) in [5.41, 5.74) is 0.745. The van der Waals surface area contributed by atoms with Crippen LogP contribution in [0.1, 0.15) is 59.6 Å². The number of hydrogen-bond acceptors (Lipinski definition) is 7. The van der Waals surface area contributed by atoms with Crippen molar-refractivity contribution in [3.05, 3.63) is 35.5 Å². The molecule has 0 bridgehead atoms. The average Bonchev–Trinajstić information content (AvgIpc) is 3.18. The quantitative estimate of drug-likeness (QED) is 0.769. The molecule has 4 aliphatic rings. The van der Waals surface area contributed by atoms with Crippen LogP contribution in [0.2, 0.25) is 0 Å². The highest BCUT2D eigenvalue weighted by Crippen LogP contribution is 2.50. The van der Waals surface area contributed by atoms with Crippen molar-refractivity contribution in [2.75, 3.05) is 40.0 Å². The Morgan fingerprint density at radius 2 is 1.97 bits per heavy atom. The lowest BCUT2D eigenvalue weighted by atomic mass is 9.70. The highest BCUT2D eigenvalue weighted by molar-refractivity contribution is 5.95. The zero-order valence-electron chi connectivity index (χ0n) is 17.2. The van der Waals surface area contributed by atoms with Gasteiger partial charge in [-0.25, -0.2) is 0 Å². The third-order valence-corrected chi connectivity index (χ3v) is 7.18. The molecule has 0 radical (unpaired) electrons. The van der Waals surface area contributed by atoms with Crippen molar-refractivity contribution >= 4 is 5.91 Å². The molecule has 1 amide bonds. The van der Waals surface area contributed by atoms with Gasteiger partial charge < -0.3 is 23.8 Å². The molecule has 4 heterocycles. The standard InChI is InChI=1S/C22H26N4O4/c1-25-11-16(20-23-19(24-30-20)14-2-3-14)22(12-25)6-8-26(9-7-22)21(27)15-4-5-17-18(10-15)29-13-28-17/h4-5,10,14,16H,2-3,6-9,11-13H2,1H3/t16-/m0/s1. The number of fused-ring (bicyclic) bond motifs is 1. The molecule has 2 saturated heterocycles. The first-order chi connectivity index (χ1) is 14.6. The number of rotatable bonds is 3. The SMILES string of the molecule is CN1C[C@@H](c2nc(C3CC3)no2)C2(CCN(C(=O)c3ccc4c(c3)OCO4)CC2)C1. The van der Waals surface area contributed by atoms with Crippen LogP contribution in [-0.2, 0) is 0 Å². The van der Waals surface area contributed by atoms with E-state index in [-0.39, 0.29) is 24.0 Å². The van der Waals surface area contributed by atoms with Gasteiger partial charge in [0.15, 0.2) is 17.3 Å². The Bertz CT molecular complexity index is 977. The van der Waals surface area contributed by atoms with Crippen LogP contribution in [-0.4, -0.2) is 65.9 Å². The highest BCUT2D eigenvalue weighted by Gasteiger charge is 2.50. The molecule has 3 aliphatic heterocycles. The number of benzene rings is 1. The smallest absolute Gasteiger partial charge is 0.253 e. The van der Waals surface area contributed by atoms with Crippen molar-refractivity contribution in [1.82, 2.24) is 19.9 Å². The molecule has 1 saturated carbocycles. The number of likely N-dealkylation sites (tertiary alicyclic amines) is 2. The summed E-state index contributed by atoms with van der Waals surface area (Å²) in [6.45, 7) is 3.63. The summed E-state index contributed by atoms with van der Waals surface area (Å²) < 4.78 is 16.5. The van der Waals surface area contributed by atoms with Crippen LogP contribution < -0.4 is 9.47 Å². The molecule has 1 aromatic heterocycles. The first kappa shape index (κ1) is 18.2. The fourth-order valence-corrected chi connectivity index (χ4v) is 5.33. The number of piperidine rings is 1. The number of nitrogens with zero attached hydrogens (tertiary/aromatic N) is 4. The van der Waals surface area contributed by atoms with Gasteiger partial charge in [0.2, 0.25) is 12.7 Å². The van der Waals surface area contributed by atoms with Crippen molar-refractivity contribution < 1.29 is 18.8 Å². The van der Waals surface area contributed by atoms with Gasteiger partial charge in [-0.05, 0) is 56.3 Å². The van der Waals surface area contributed by atoms with Crippen molar-refractivity contribution in [3.63, 3.8) is 0 Å². The van der Waals surface area contributed by atoms with Crippen molar-refractivity contribution in [3.8, 4) is 11.5 Å². The molecule has 1 spiro atoms. The lowest BCUT2D eigenvalue weighted by molar-refractivity contribution is 0.0548. The molecule has 1 aliphatic carbocycles. The van der Waals surface area contributed by atoms with E-state index in [2.05, 4.69) is 17.1 Å². The van der Waals surface area contributed by atoms with Gasteiger partial charge in [0.25, 0.3) is 5.91 Å². The van der Waals surface area contributed by atoms with E-state index >= 15 is 0 Å². The van der Waals surface area contributed by atoms with Gasteiger partial charge in [0.1, 0.15) is 0 Å². The van der Waals surface area contributed by atoms with Gasteiger partial charge in [-0.3, -0.25) is 4.79 Å². The molecule has 6 rings (SSSR count). The fourth-order valence-electron chi connectivity index (χ4n) is 5.33. The first-order valence-corrected chi connectivity index (χ1v) is 10.8. The Kier molecular flexibility index (Phi) is 4.06. The highest BCUT2D eigenvalue weighted by atomic mass is 16.7. The molecule has 1 atom stereocenters. The Balaban J connectivity index is 1.18. The Hall–Kier alpha value is -2.61. The summed E-state index contributed by atoms with van der Waals surface area (Å²) in [5, 5.41) is 4.25. The minimum atomic E-state index is 0.0554. The van der Waals surface area contributed by atoms with Crippen molar-refractivity contribution in [2.24, 2.45) is 5.41 Å². The predicted octanol–water partition coefficient (Wildman–Crippen LogP) is 2.63. The third-order valence-electron chi connectivity index (χ3n) is 7.18. The minimum Gasteiger partial charge on any atom is -0.454 e. The van der Waals surface area contributed by atoms with Gasteiger partial charge in [-0.1, -0.05) is 5.16 Å². The molecule has 158 valence electrons. The first-order valence-electron chi connectivity index (χ1n) is 10.8. The summed E-state index contributed by atoms with van der Waals surface area (Å²) in [7, 11) is 2.16. The van der Waals surface area contributed by atoms with Crippen LogP contribution in [0, 0.1) is 5.41 Å². The molecular weight excluding hydrogens is 384 g/mol. The van der Waals surface area contributed by atoms with Crippen LogP contribution in [0.3, 0.4) is 0 Å². The lowest BCUT2D eigenvalue weighted by Crippen LogP contribution is -2.46. The number of ether oxygens (including phenoxy) is 2. The molecule has 30 heavy (non-hydrogen) atoms. The number of amides is 1. The van der Waals surface area contributed by atoms with E-state index in [1.165, 1.54) is 12.8 Å². The zero-order valence-corrected chi connectivity index (χ0v) is 17.2. The average molecular weight is 410 g/mol. The number of carbonyl (C=O) groups excluding carboxylic acids is 1.